The number of carboxylic acid groups (broad SMARTS) is 1. The third-order valence-corrected chi connectivity index (χ3v) is 7.24. The maximum Gasteiger partial charge on any atom is 0.339 e. The molecule has 9 heteroatoms. The van der Waals surface area contributed by atoms with E-state index in [1.807, 2.05) is 35.7 Å². The van der Waals surface area contributed by atoms with Crippen LogP contribution >= 0.6 is 34.3 Å². The number of nitrogens with zero attached hydrogens (tertiary/aromatic N) is 2. The van der Waals surface area contributed by atoms with Gasteiger partial charge >= 0.3 is 5.97 Å². The molecule has 0 amide bonds. The monoisotopic (exact) mass is 485 g/mol. The number of aromatic nitrogens is 2. The van der Waals surface area contributed by atoms with Crippen molar-refractivity contribution in [3.63, 3.8) is 0 Å². The van der Waals surface area contributed by atoms with Crippen molar-refractivity contribution < 1.29 is 14.6 Å². The van der Waals surface area contributed by atoms with Gasteiger partial charge in [-0.05, 0) is 41.6 Å². The topological polar surface area (TPSA) is 84.3 Å². The summed E-state index contributed by atoms with van der Waals surface area (Å²) in [6, 6.07) is 11.0. The van der Waals surface area contributed by atoms with Crippen molar-refractivity contribution in [1.82, 2.24) is 9.97 Å². The lowest BCUT2D eigenvalue weighted by Gasteiger charge is -2.08. The van der Waals surface area contributed by atoms with Gasteiger partial charge in [0, 0.05) is 27.1 Å². The van der Waals surface area contributed by atoms with Crippen LogP contribution in [0.4, 0.5) is 10.9 Å². The first kappa shape index (κ1) is 22.3. The Hall–Kier alpha value is -2.94. The van der Waals surface area contributed by atoms with E-state index >= 15 is 0 Å². The molecule has 0 aliphatic rings. The minimum Gasteiger partial charge on any atom is -0.495 e. The van der Waals surface area contributed by atoms with Crippen LogP contribution < -0.4 is 10.1 Å². The van der Waals surface area contributed by atoms with Crippen molar-refractivity contribution >= 4 is 51.2 Å². The van der Waals surface area contributed by atoms with Crippen LogP contribution in [0.5, 0.6) is 5.75 Å². The first-order chi connectivity index (χ1) is 15.4. The van der Waals surface area contributed by atoms with E-state index in [0.29, 0.717) is 15.9 Å². The Kier molecular flexibility index (Phi) is 6.45. The fourth-order valence-corrected chi connectivity index (χ4v) is 5.16. The number of methoxy groups -OCH3 is 1. The molecule has 4 aromatic rings. The van der Waals surface area contributed by atoms with Crippen LogP contribution in [0.1, 0.15) is 35.0 Å². The van der Waals surface area contributed by atoms with Crippen molar-refractivity contribution in [2.24, 2.45) is 0 Å². The van der Waals surface area contributed by atoms with Gasteiger partial charge in [0.1, 0.15) is 17.1 Å². The van der Waals surface area contributed by atoms with Gasteiger partial charge in [0.2, 0.25) is 0 Å². The third-order valence-electron chi connectivity index (χ3n) is 4.75. The summed E-state index contributed by atoms with van der Waals surface area (Å²) in [4.78, 5) is 23.1. The Morgan fingerprint density at radius 3 is 2.66 bits per heavy atom. The molecular weight excluding hydrogens is 466 g/mol. The van der Waals surface area contributed by atoms with Gasteiger partial charge in [0.15, 0.2) is 5.13 Å². The number of carboxylic acids is 1. The zero-order valence-corrected chi connectivity index (χ0v) is 19.9. The second-order valence-corrected chi connectivity index (χ2v) is 9.65. The molecule has 0 spiro atoms. The number of nitrogens with one attached hydrogen (secondary N) is 1. The van der Waals surface area contributed by atoms with Crippen LogP contribution in [-0.2, 0) is 0 Å². The summed E-state index contributed by atoms with van der Waals surface area (Å²) >= 11 is 9.32. The molecule has 3 aromatic heterocycles. The summed E-state index contributed by atoms with van der Waals surface area (Å²) in [5.41, 5.74) is 2.51. The SMILES string of the molecule is COc1ccc(-c2nc(Nc3ncc(-c4cccs4)cc3C(=O)O)sc2C(C)C)cc1Cl. The number of carbonyl (C=O) groups is 1. The highest BCUT2D eigenvalue weighted by molar-refractivity contribution is 7.16. The summed E-state index contributed by atoms with van der Waals surface area (Å²) < 4.78 is 5.24. The van der Waals surface area contributed by atoms with E-state index in [1.54, 1.807) is 19.4 Å². The summed E-state index contributed by atoms with van der Waals surface area (Å²) in [6.07, 6.45) is 1.67. The van der Waals surface area contributed by atoms with Crippen LogP contribution in [0.2, 0.25) is 5.02 Å². The predicted molar refractivity (Wildman–Crippen MR) is 131 cm³/mol. The van der Waals surface area contributed by atoms with Gasteiger partial charge in [0.25, 0.3) is 0 Å². The van der Waals surface area contributed by atoms with E-state index in [0.717, 1.165) is 26.6 Å². The van der Waals surface area contributed by atoms with Gasteiger partial charge in [-0.15, -0.1) is 22.7 Å². The number of thiophene rings is 1. The van der Waals surface area contributed by atoms with Crippen LogP contribution in [-0.4, -0.2) is 28.2 Å². The van der Waals surface area contributed by atoms with Crippen LogP contribution in [0.25, 0.3) is 21.7 Å². The molecule has 32 heavy (non-hydrogen) atoms. The molecule has 0 aliphatic carbocycles. The highest BCUT2D eigenvalue weighted by atomic mass is 35.5. The molecule has 0 fully saturated rings. The van der Waals surface area contributed by atoms with Crippen LogP contribution in [0, 0.1) is 0 Å². The van der Waals surface area contributed by atoms with Crippen LogP contribution in [0.15, 0.2) is 48.0 Å². The van der Waals surface area contributed by atoms with Gasteiger partial charge in [-0.2, -0.15) is 0 Å². The molecule has 0 atom stereocenters. The molecule has 0 saturated heterocycles. The number of hydrogen-bond acceptors (Lipinski definition) is 7. The largest absolute Gasteiger partial charge is 0.495 e. The minimum absolute atomic E-state index is 0.0891. The summed E-state index contributed by atoms with van der Waals surface area (Å²) in [5, 5.41) is 15.9. The van der Waals surface area contributed by atoms with Gasteiger partial charge in [-0.1, -0.05) is 31.5 Å². The normalized spacial score (nSPS) is 11.0. The average molecular weight is 486 g/mol. The number of rotatable bonds is 7. The molecular formula is C23H20ClN3O3S2. The fourth-order valence-electron chi connectivity index (χ4n) is 3.20. The minimum atomic E-state index is -1.05. The molecule has 0 saturated carbocycles. The molecule has 0 radical (unpaired) electrons. The van der Waals surface area contributed by atoms with Gasteiger partial charge < -0.3 is 15.2 Å². The molecule has 0 unspecified atom stereocenters. The van der Waals surface area contributed by atoms with E-state index in [1.165, 1.54) is 22.7 Å². The van der Waals surface area contributed by atoms with Crippen molar-refractivity contribution in [2.45, 2.75) is 19.8 Å². The highest BCUT2D eigenvalue weighted by Crippen LogP contribution is 2.39. The maximum atomic E-state index is 11.9. The van der Waals surface area contributed by atoms with Crippen molar-refractivity contribution in [3.8, 4) is 27.4 Å². The first-order valence-electron chi connectivity index (χ1n) is 9.76. The quantitative estimate of drug-likeness (QED) is 0.289. The highest BCUT2D eigenvalue weighted by Gasteiger charge is 2.20. The molecule has 0 bridgehead atoms. The lowest BCUT2D eigenvalue weighted by Crippen LogP contribution is -2.05. The van der Waals surface area contributed by atoms with E-state index in [2.05, 4.69) is 24.1 Å². The Morgan fingerprint density at radius 2 is 2.03 bits per heavy atom. The number of anilines is 2. The number of pyridine rings is 1. The number of benzene rings is 1. The summed E-state index contributed by atoms with van der Waals surface area (Å²) in [6.45, 7) is 4.17. The van der Waals surface area contributed by atoms with Crippen LogP contribution in [0.3, 0.4) is 0 Å². The van der Waals surface area contributed by atoms with Gasteiger partial charge in [-0.3, -0.25) is 0 Å². The number of thiazole rings is 1. The summed E-state index contributed by atoms with van der Waals surface area (Å²) in [7, 11) is 1.57. The molecule has 3 heterocycles. The Morgan fingerprint density at radius 1 is 1.22 bits per heavy atom. The zero-order chi connectivity index (χ0) is 22.8. The lowest BCUT2D eigenvalue weighted by atomic mass is 10.1. The zero-order valence-electron chi connectivity index (χ0n) is 17.5. The number of hydrogen-bond donors (Lipinski definition) is 2. The van der Waals surface area contributed by atoms with E-state index in [9.17, 15) is 9.90 Å². The first-order valence-corrected chi connectivity index (χ1v) is 11.8. The second kappa shape index (κ2) is 9.28. The molecule has 4 rings (SSSR count). The second-order valence-electron chi connectivity index (χ2n) is 7.26. The van der Waals surface area contributed by atoms with Crippen molar-refractivity contribution in [1.29, 1.82) is 0 Å². The van der Waals surface area contributed by atoms with Crippen molar-refractivity contribution in [2.75, 3.05) is 12.4 Å². The molecule has 2 N–H and O–H groups in total. The van der Waals surface area contributed by atoms with E-state index in [4.69, 9.17) is 21.3 Å². The summed E-state index contributed by atoms with van der Waals surface area (Å²) in [5.74, 6) is 0.00522. The Bertz CT molecular complexity index is 1270. The van der Waals surface area contributed by atoms with Crippen molar-refractivity contribution in [3.05, 3.63) is 63.4 Å². The molecule has 6 nitrogen and oxygen atoms in total. The maximum absolute atomic E-state index is 11.9. The number of aromatic carboxylic acids is 1. The molecule has 1 aromatic carbocycles. The fraction of sp³-hybridized carbons (Fsp3) is 0.174. The number of ether oxygens (including phenoxy) is 1. The number of halogens is 1. The molecule has 0 aliphatic heterocycles. The Balaban J connectivity index is 1.72. The van der Waals surface area contributed by atoms with Gasteiger partial charge in [-0.25, -0.2) is 14.8 Å². The smallest absolute Gasteiger partial charge is 0.339 e. The standard InChI is InChI=1S/C23H20ClN3O3S2/c1-12(2)20-19(13-6-7-17(30-3)16(24)10-13)26-23(32-20)27-21-15(22(28)29)9-14(11-25-21)18-5-4-8-31-18/h4-12H,1-3H3,(H,28,29)(H,25,26,27). The third kappa shape index (κ3) is 4.48. The average Bonchev–Trinajstić information content (AvgIpc) is 3.44. The molecule has 164 valence electrons. The predicted octanol–water partition coefficient (Wildman–Crippen LogP) is 7.16. The van der Waals surface area contributed by atoms with E-state index < -0.39 is 5.97 Å². The van der Waals surface area contributed by atoms with Gasteiger partial charge in [0.05, 0.1) is 17.8 Å². The Labute approximate surface area is 198 Å². The van der Waals surface area contributed by atoms with E-state index in [-0.39, 0.29) is 17.3 Å². The lowest BCUT2D eigenvalue weighted by molar-refractivity contribution is 0.0697.